The van der Waals surface area contributed by atoms with Crippen LogP contribution in [0.3, 0.4) is 0 Å². The first-order chi connectivity index (χ1) is 17.2. The normalized spacial score (nSPS) is 11.8. The van der Waals surface area contributed by atoms with E-state index in [-0.39, 0.29) is 17.4 Å². The Hall–Kier alpha value is -4.26. The van der Waals surface area contributed by atoms with Crippen molar-refractivity contribution in [2.75, 3.05) is 5.32 Å². The van der Waals surface area contributed by atoms with Crippen LogP contribution < -0.4 is 5.32 Å². The van der Waals surface area contributed by atoms with Gasteiger partial charge in [-0.15, -0.1) is 10.2 Å². The molecule has 5 aromatic rings. The Balaban J connectivity index is 1.43. The Labute approximate surface area is 210 Å². The van der Waals surface area contributed by atoms with Gasteiger partial charge in [0.05, 0.1) is 11.2 Å². The molecule has 0 saturated carbocycles. The number of benzene rings is 3. The minimum Gasteiger partial charge on any atom is -0.322 e. The molecule has 0 aliphatic rings. The van der Waals surface area contributed by atoms with Crippen molar-refractivity contribution in [3.05, 3.63) is 84.2 Å². The average Bonchev–Trinajstić information content (AvgIpc) is 3.51. The van der Waals surface area contributed by atoms with Gasteiger partial charge in [0.2, 0.25) is 0 Å². The summed E-state index contributed by atoms with van der Waals surface area (Å²) in [6.45, 7) is 10.7. The molecule has 5 rings (SSSR count). The summed E-state index contributed by atoms with van der Waals surface area (Å²) in [5.74, 6) is 0.673. The monoisotopic (exact) mass is 478 g/mol. The number of amides is 1. The third-order valence-electron chi connectivity index (χ3n) is 6.36. The molecule has 0 radical (unpaired) electrons. The Morgan fingerprint density at radius 2 is 1.75 bits per heavy atom. The molecule has 2 N–H and O–H groups in total. The molecule has 2 aromatic heterocycles. The zero-order chi connectivity index (χ0) is 25.4. The van der Waals surface area contributed by atoms with E-state index in [4.69, 9.17) is 0 Å². The van der Waals surface area contributed by atoms with Crippen LogP contribution in [0.25, 0.3) is 33.5 Å². The lowest BCUT2D eigenvalue weighted by atomic mass is 9.87. The number of hydrogen-bond acceptors (Lipinski definition) is 4. The van der Waals surface area contributed by atoms with Gasteiger partial charge in [-0.3, -0.25) is 9.89 Å². The van der Waals surface area contributed by atoms with Crippen molar-refractivity contribution >= 4 is 22.5 Å². The van der Waals surface area contributed by atoms with Gasteiger partial charge in [-0.1, -0.05) is 45.0 Å². The Morgan fingerprint density at radius 3 is 2.47 bits per heavy atom. The van der Waals surface area contributed by atoms with Gasteiger partial charge in [0, 0.05) is 33.8 Å². The molecule has 7 nitrogen and oxygen atoms in total. The second-order valence-electron chi connectivity index (χ2n) is 10.4. The van der Waals surface area contributed by atoms with Crippen molar-refractivity contribution in [2.45, 2.75) is 46.1 Å². The molecular weight excluding hydrogens is 448 g/mol. The maximum atomic E-state index is 12.9. The van der Waals surface area contributed by atoms with Crippen LogP contribution in [0.1, 0.15) is 56.6 Å². The number of fused-ring (bicyclic) bond motifs is 1. The quantitative estimate of drug-likeness (QED) is 0.297. The molecule has 2 heterocycles. The first kappa shape index (κ1) is 23.5. The third-order valence-corrected chi connectivity index (χ3v) is 6.36. The van der Waals surface area contributed by atoms with Gasteiger partial charge < -0.3 is 9.88 Å². The van der Waals surface area contributed by atoms with Gasteiger partial charge in [0.1, 0.15) is 6.33 Å². The number of rotatable bonds is 5. The number of aromatic amines is 1. The SMILES string of the molecule is CC(C)n1cnnc1-c1ccc2[nH]nc(-c3cccc(NC(=O)c4ccc(C(C)(C)C)cc4)c3)c2c1. The molecule has 0 atom stereocenters. The topological polar surface area (TPSA) is 88.5 Å². The minimum absolute atomic E-state index is 0.0417. The van der Waals surface area contributed by atoms with E-state index in [0.29, 0.717) is 11.3 Å². The van der Waals surface area contributed by atoms with Crippen LogP contribution in [0.2, 0.25) is 0 Å². The van der Waals surface area contributed by atoms with Crippen LogP contribution in [0.5, 0.6) is 0 Å². The molecule has 182 valence electrons. The molecule has 0 saturated heterocycles. The van der Waals surface area contributed by atoms with Crippen molar-refractivity contribution in [3.8, 4) is 22.6 Å². The van der Waals surface area contributed by atoms with Gasteiger partial charge in [-0.2, -0.15) is 5.10 Å². The number of hydrogen-bond donors (Lipinski definition) is 2. The van der Waals surface area contributed by atoms with Gasteiger partial charge in [-0.25, -0.2) is 0 Å². The standard InChI is InChI=1S/C29H30N6O/c1-18(2)35-17-30-34-27(35)21-11-14-25-24(16-21)26(33-32-25)20-7-6-8-23(15-20)31-28(36)19-9-12-22(13-10-19)29(3,4)5/h6-18H,1-5H3,(H,31,36)(H,32,33). The zero-order valence-electron chi connectivity index (χ0n) is 21.2. The summed E-state index contributed by atoms with van der Waals surface area (Å²) >= 11 is 0. The van der Waals surface area contributed by atoms with E-state index in [1.807, 2.05) is 65.2 Å². The van der Waals surface area contributed by atoms with Crippen molar-refractivity contribution in [3.63, 3.8) is 0 Å². The number of carbonyl (C=O) groups excluding carboxylic acids is 1. The van der Waals surface area contributed by atoms with Crippen LogP contribution in [0, 0.1) is 0 Å². The summed E-state index contributed by atoms with van der Waals surface area (Å²) < 4.78 is 2.05. The van der Waals surface area contributed by atoms with Crippen LogP contribution in [-0.4, -0.2) is 30.9 Å². The molecule has 0 unspecified atom stereocenters. The van der Waals surface area contributed by atoms with Crippen LogP contribution in [-0.2, 0) is 5.41 Å². The fourth-order valence-corrected chi connectivity index (χ4v) is 4.27. The minimum atomic E-state index is -0.144. The first-order valence-corrected chi connectivity index (χ1v) is 12.1. The van der Waals surface area contributed by atoms with Crippen molar-refractivity contribution < 1.29 is 4.79 Å². The zero-order valence-corrected chi connectivity index (χ0v) is 21.2. The van der Waals surface area contributed by atoms with Gasteiger partial charge in [0.25, 0.3) is 5.91 Å². The fraction of sp³-hybridized carbons (Fsp3) is 0.241. The molecule has 0 fully saturated rings. The Bertz CT molecular complexity index is 1540. The van der Waals surface area contributed by atoms with Gasteiger partial charge in [-0.05, 0) is 67.3 Å². The highest BCUT2D eigenvalue weighted by atomic mass is 16.1. The molecule has 0 aliphatic heterocycles. The number of carbonyl (C=O) groups is 1. The van der Waals surface area contributed by atoms with E-state index in [1.54, 1.807) is 6.33 Å². The number of H-pyrrole nitrogens is 1. The second kappa shape index (κ2) is 9.07. The van der Waals surface area contributed by atoms with Crippen LogP contribution in [0.4, 0.5) is 5.69 Å². The van der Waals surface area contributed by atoms with E-state index in [0.717, 1.165) is 33.5 Å². The maximum absolute atomic E-state index is 12.9. The summed E-state index contributed by atoms with van der Waals surface area (Å²) in [5, 5.41) is 20.1. The second-order valence-corrected chi connectivity index (χ2v) is 10.4. The molecule has 1 amide bonds. The third kappa shape index (κ3) is 4.52. The van der Waals surface area contributed by atoms with E-state index >= 15 is 0 Å². The molecule has 3 aromatic carbocycles. The predicted molar refractivity (Wildman–Crippen MR) is 144 cm³/mol. The smallest absolute Gasteiger partial charge is 0.255 e. The molecule has 0 spiro atoms. The van der Waals surface area contributed by atoms with E-state index < -0.39 is 0 Å². The predicted octanol–water partition coefficient (Wildman–Crippen LogP) is 6.62. The summed E-state index contributed by atoms with van der Waals surface area (Å²) in [4.78, 5) is 12.9. The van der Waals surface area contributed by atoms with E-state index in [9.17, 15) is 4.79 Å². The highest BCUT2D eigenvalue weighted by Crippen LogP contribution is 2.32. The molecule has 36 heavy (non-hydrogen) atoms. The molecule has 7 heteroatoms. The summed E-state index contributed by atoms with van der Waals surface area (Å²) in [6.07, 6.45) is 1.75. The largest absolute Gasteiger partial charge is 0.322 e. The number of nitrogens with one attached hydrogen (secondary N) is 2. The number of anilines is 1. The van der Waals surface area contributed by atoms with Crippen molar-refractivity contribution in [1.82, 2.24) is 25.0 Å². The highest BCUT2D eigenvalue weighted by molar-refractivity contribution is 6.05. The lowest BCUT2D eigenvalue weighted by Gasteiger charge is -2.19. The van der Waals surface area contributed by atoms with Crippen LogP contribution in [0.15, 0.2) is 73.1 Å². The van der Waals surface area contributed by atoms with Crippen LogP contribution >= 0.6 is 0 Å². The summed E-state index contributed by atoms with van der Waals surface area (Å²) in [6, 6.07) is 21.9. The van der Waals surface area contributed by atoms with Gasteiger partial charge >= 0.3 is 0 Å². The Morgan fingerprint density at radius 1 is 0.972 bits per heavy atom. The Kier molecular flexibility index (Phi) is 5.92. The van der Waals surface area contributed by atoms with E-state index in [2.05, 4.69) is 66.4 Å². The summed E-state index contributed by atoms with van der Waals surface area (Å²) in [5.41, 5.74) is 6.19. The number of nitrogens with zero attached hydrogens (tertiary/aromatic N) is 4. The maximum Gasteiger partial charge on any atom is 0.255 e. The first-order valence-electron chi connectivity index (χ1n) is 12.1. The van der Waals surface area contributed by atoms with Crippen molar-refractivity contribution in [2.24, 2.45) is 0 Å². The highest BCUT2D eigenvalue weighted by Gasteiger charge is 2.16. The van der Waals surface area contributed by atoms with Crippen molar-refractivity contribution in [1.29, 1.82) is 0 Å². The fourth-order valence-electron chi connectivity index (χ4n) is 4.27. The van der Waals surface area contributed by atoms with E-state index in [1.165, 1.54) is 5.56 Å². The molecule has 0 aliphatic carbocycles. The number of aromatic nitrogens is 5. The molecular formula is C29H30N6O. The lowest BCUT2D eigenvalue weighted by Crippen LogP contribution is -2.14. The lowest BCUT2D eigenvalue weighted by molar-refractivity contribution is 0.102. The molecule has 0 bridgehead atoms. The van der Waals surface area contributed by atoms with Gasteiger partial charge in [0.15, 0.2) is 5.82 Å². The average molecular weight is 479 g/mol. The summed E-state index contributed by atoms with van der Waals surface area (Å²) in [7, 11) is 0.